The molecule has 0 saturated carbocycles. The van der Waals surface area contributed by atoms with E-state index in [2.05, 4.69) is 29.8 Å². The van der Waals surface area contributed by atoms with E-state index in [1.54, 1.807) is 6.08 Å². The SMILES string of the molecule is Cc1c(Br)ccc(-c2ccc(/C=C/C(N)=O)o2)c1C. The van der Waals surface area contributed by atoms with Crippen LogP contribution >= 0.6 is 15.9 Å². The molecule has 98 valence electrons. The third-order valence-corrected chi connectivity index (χ3v) is 3.88. The van der Waals surface area contributed by atoms with Crippen molar-refractivity contribution in [1.29, 1.82) is 0 Å². The minimum absolute atomic E-state index is 0.492. The molecule has 2 aromatic rings. The lowest BCUT2D eigenvalue weighted by Gasteiger charge is -2.08. The van der Waals surface area contributed by atoms with Gasteiger partial charge in [-0.3, -0.25) is 4.79 Å². The molecule has 0 aliphatic heterocycles. The molecule has 0 spiro atoms. The lowest BCUT2D eigenvalue weighted by molar-refractivity contribution is -0.113. The smallest absolute Gasteiger partial charge is 0.241 e. The van der Waals surface area contributed by atoms with E-state index in [0.717, 1.165) is 21.4 Å². The van der Waals surface area contributed by atoms with Crippen LogP contribution in [0.1, 0.15) is 16.9 Å². The summed E-state index contributed by atoms with van der Waals surface area (Å²) in [4.78, 5) is 10.7. The molecule has 0 saturated heterocycles. The van der Waals surface area contributed by atoms with E-state index in [1.807, 2.05) is 24.3 Å². The second-order valence-electron chi connectivity index (χ2n) is 4.28. The molecule has 1 amide bonds. The minimum atomic E-state index is -0.492. The molecule has 2 N–H and O–H groups in total. The van der Waals surface area contributed by atoms with Gasteiger partial charge in [-0.05, 0) is 55.3 Å². The van der Waals surface area contributed by atoms with E-state index in [-0.39, 0.29) is 0 Å². The van der Waals surface area contributed by atoms with Crippen LogP contribution in [0.25, 0.3) is 17.4 Å². The molecule has 0 fully saturated rings. The summed E-state index contributed by atoms with van der Waals surface area (Å²) in [6.45, 7) is 4.11. The Labute approximate surface area is 120 Å². The second kappa shape index (κ2) is 5.45. The average molecular weight is 320 g/mol. The van der Waals surface area contributed by atoms with Gasteiger partial charge in [0.15, 0.2) is 0 Å². The van der Waals surface area contributed by atoms with Gasteiger partial charge in [0.25, 0.3) is 0 Å². The zero-order valence-corrected chi connectivity index (χ0v) is 12.3. The van der Waals surface area contributed by atoms with Crippen molar-refractivity contribution in [1.82, 2.24) is 0 Å². The number of primary amides is 1. The van der Waals surface area contributed by atoms with Crippen molar-refractivity contribution in [3.8, 4) is 11.3 Å². The topological polar surface area (TPSA) is 56.2 Å². The number of benzene rings is 1. The molecule has 0 aliphatic rings. The van der Waals surface area contributed by atoms with Crippen molar-refractivity contribution in [2.75, 3.05) is 0 Å². The molecule has 0 bridgehead atoms. The maximum absolute atomic E-state index is 10.7. The molecule has 1 aromatic carbocycles. The molecule has 0 unspecified atom stereocenters. The van der Waals surface area contributed by atoms with Crippen LogP contribution in [0.5, 0.6) is 0 Å². The predicted octanol–water partition coefficient (Wildman–Crippen LogP) is 3.82. The number of nitrogens with two attached hydrogens (primary N) is 1. The zero-order valence-electron chi connectivity index (χ0n) is 10.7. The molecule has 3 nitrogen and oxygen atoms in total. The predicted molar refractivity (Wildman–Crippen MR) is 79.5 cm³/mol. The van der Waals surface area contributed by atoms with E-state index in [1.165, 1.54) is 11.6 Å². The van der Waals surface area contributed by atoms with E-state index in [9.17, 15) is 4.79 Å². The number of furan rings is 1. The van der Waals surface area contributed by atoms with Gasteiger partial charge >= 0.3 is 0 Å². The summed E-state index contributed by atoms with van der Waals surface area (Å²) < 4.78 is 6.76. The first-order chi connectivity index (χ1) is 8.99. The van der Waals surface area contributed by atoms with Crippen LogP contribution in [0.4, 0.5) is 0 Å². The largest absolute Gasteiger partial charge is 0.457 e. The summed E-state index contributed by atoms with van der Waals surface area (Å²) in [6.07, 6.45) is 2.84. The second-order valence-corrected chi connectivity index (χ2v) is 5.14. The highest BCUT2D eigenvalue weighted by Crippen LogP contribution is 2.31. The Kier molecular flexibility index (Phi) is 3.90. The van der Waals surface area contributed by atoms with Crippen molar-refractivity contribution in [3.05, 3.63) is 51.7 Å². The first-order valence-electron chi connectivity index (χ1n) is 5.82. The summed E-state index contributed by atoms with van der Waals surface area (Å²) in [7, 11) is 0. The molecule has 2 rings (SSSR count). The monoisotopic (exact) mass is 319 g/mol. The molecular formula is C15H14BrNO2. The lowest BCUT2D eigenvalue weighted by atomic mass is 10.0. The van der Waals surface area contributed by atoms with Crippen LogP contribution in [0.2, 0.25) is 0 Å². The van der Waals surface area contributed by atoms with Gasteiger partial charge in [-0.1, -0.05) is 15.9 Å². The van der Waals surface area contributed by atoms with Crippen LogP contribution in [-0.2, 0) is 4.79 Å². The van der Waals surface area contributed by atoms with E-state index in [0.29, 0.717) is 5.76 Å². The quantitative estimate of drug-likeness (QED) is 0.874. The third kappa shape index (κ3) is 2.96. The molecule has 4 heteroatoms. The van der Waals surface area contributed by atoms with Gasteiger partial charge < -0.3 is 10.2 Å². The Balaban J connectivity index is 2.38. The van der Waals surface area contributed by atoms with Crippen molar-refractivity contribution in [2.24, 2.45) is 5.73 Å². The fourth-order valence-electron chi connectivity index (χ4n) is 1.81. The number of carbonyl (C=O) groups excluding carboxylic acids is 1. The highest BCUT2D eigenvalue weighted by molar-refractivity contribution is 9.10. The standard InChI is InChI=1S/C15H14BrNO2/c1-9-10(2)13(16)6-5-12(9)14-7-3-11(19-14)4-8-15(17)18/h3-8H,1-2H3,(H2,17,18)/b8-4+. The lowest BCUT2D eigenvalue weighted by Crippen LogP contribution is -2.04. The number of amides is 1. The summed E-state index contributed by atoms with van der Waals surface area (Å²) in [5, 5.41) is 0. The highest BCUT2D eigenvalue weighted by atomic mass is 79.9. The van der Waals surface area contributed by atoms with Crippen LogP contribution in [-0.4, -0.2) is 5.91 Å². The number of hydrogen-bond donors (Lipinski definition) is 1. The summed E-state index contributed by atoms with van der Waals surface area (Å²) in [6, 6.07) is 7.70. The van der Waals surface area contributed by atoms with Gasteiger partial charge in [0, 0.05) is 16.1 Å². The molecule has 0 atom stereocenters. The number of carbonyl (C=O) groups is 1. The molecule has 0 radical (unpaired) electrons. The molecule has 0 aliphatic carbocycles. The van der Waals surface area contributed by atoms with Crippen molar-refractivity contribution < 1.29 is 9.21 Å². The molecule has 19 heavy (non-hydrogen) atoms. The normalized spacial score (nSPS) is 11.1. The van der Waals surface area contributed by atoms with Gasteiger partial charge in [-0.25, -0.2) is 0 Å². The summed E-state index contributed by atoms with van der Waals surface area (Å²) in [5.41, 5.74) is 8.43. The van der Waals surface area contributed by atoms with Gasteiger partial charge in [0.05, 0.1) is 0 Å². The van der Waals surface area contributed by atoms with Gasteiger partial charge in [0.1, 0.15) is 11.5 Å². The van der Waals surface area contributed by atoms with Crippen molar-refractivity contribution >= 4 is 27.9 Å². The summed E-state index contributed by atoms with van der Waals surface area (Å²) >= 11 is 3.51. The molecular weight excluding hydrogens is 306 g/mol. The van der Waals surface area contributed by atoms with Crippen LogP contribution in [0.15, 0.2) is 39.2 Å². The number of rotatable bonds is 3. The Morgan fingerprint density at radius 1 is 1.21 bits per heavy atom. The van der Waals surface area contributed by atoms with Crippen molar-refractivity contribution in [3.63, 3.8) is 0 Å². The van der Waals surface area contributed by atoms with E-state index in [4.69, 9.17) is 10.2 Å². The fraction of sp³-hybridized carbons (Fsp3) is 0.133. The van der Waals surface area contributed by atoms with Gasteiger partial charge in [-0.2, -0.15) is 0 Å². The van der Waals surface area contributed by atoms with Gasteiger partial charge in [-0.15, -0.1) is 0 Å². The summed E-state index contributed by atoms with van der Waals surface area (Å²) in [5.74, 6) is 0.889. The molecule has 1 heterocycles. The Bertz CT molecular complexity index is 656. The Morgan fingerprint density at radius 2 is 1.95 bits per heavy atom. The van der Waals surface area contributed by atoms with Crippen LogP contribution < -0.4 is 5.73 Å². The Hall–Kier alpha value is -1.81. The average Bonchev–Trinajstić information content (AvgIpc) is 2.82. The van der Waals surface area contributed by atoms with Crippen molar-refractivity contribution in [2.45, 2.75) is 13.8 Å². The van der Waals surface area contributed by atoms with Gasteiger partial charge in [0.2, 0.25) is 5.91 Å². The Morgan fingerprint density at radius 3 is 2.63 bits per heavy atom. The fourth-order valence-corrected chi connectivity index (χ4v) is 2.24. The first kappa shape index (κ1) is 13.6. The zero-order chi connectivity index (χ0) is 14.0. The van der Waals surface area contributed by atoms with E-state index >= 15 is 0 Å². The van der Waals surface area contributed by atoms with Crippen LogP contribution in [0, 0.1) is 13.8 Å². The highest BCUT2D eigenvalue weighted by Gasteiger charge is 2.09. The van der Waals surface area contributed by atoms with Crippen LogP contribution in [0.3, 0.4) is 0 Å². The third-order valence-electron chi connectivity index (χ3n) is 3.03. The first-order valence-corrected chi connectivity index (χ1v) is 6.62. The molecule has 1 aromatic heterocycles. The van der Waals surface area contributed by atoms with E-state index < -0.39 is 5.91 Å². The number of hydrogen-bond acceptors (Lipinski definition) is 2. The minimum Gasteiger partial charge on any atom is -0.457 e. The maximum Gasteiger partial charge on any atom is 0.241 e. The number of halogens is 1. The maximum atomic E-state index is 10.7.